The van der Waals surface area contributed by atoms with E-state index in [0.29, 0.717) is 0 Å². The number of rotatable bonds is 2. The quantitative estimate of drug-likeness (QED) is 0.514. The SMILES string of the molecule is CC(N)C1(C(C)N)CCNC1. The molecule has 1 saturated heterocycles. The molecule has 2 atom stereocenters. The second kappa shape index (κ2) is 3.09. The lowest BCUT2D eigenvalue weighted by molar-refractivity contribution is 0.219. The Hall–Kier alpha value is -0.120. The Bertz CT molecular complexity index is 115. The lowest BCUT2D eigenvalue weighted by Gasteiger charge is -2.36. The van der Waals surface area contributed by atoms with Crippen LogP contribution in [-0.4, -0.2) is 25.2 Å². The summed E-state index contributed by atoms with van der Waals surface area (Å²) in [5.41, 5.74) is 12.0. The molecule has 1 fully saturated rings. The summed E-state index contributed by atoms with van der Waals surface area (Å²) in [6, 6.07) is 0.384. The summed E-state index contributed by atoms with van der Waals surface area (Å²) >= 11 is 0. The van der Waals surface area contributed by atoms with Crippen LogP contribution in [0.4, 0.5) is 0 Å². The summed E-state index contributed by atoms with van der Waals surface area (Å²) in [5, 5.41) is 3.32. The lowest BCUT2D eigenvalue weighted by atomic mass is 9.75. The van der Waals surface area contributed by atoms with E-state index >= 15 is 0 Å². The van der Waals surface area contributed by atoms with Crippen LogP contribution >= 0.6 is 0 Å². The fourth-order valence-electron chi connectivity index (χ4n) is 1.92. The van der Waals surface area contributed by atoms with Crippen LogP contribution in [-0.2, 0) is 0 Å². The van der Waals surface area contributed by atoms with Gasteiger partial charge >= 0.3 is 0 Å². The standard InChI is InChI=1S/C8H19N3/c1-6(9)8(7(2)10)3-4-11-5-8/h6-7,11H,3-5,9-10H2,1-2H3. The molecule has 0 radical (unpaired) electrons. The normalized spacial score (nSPS) is 37.1. The van der Waals surface area contributed by atoms with Gasteiger partial charge in [0.2, 0.25) is 0 Å². The molecule has 0 saturated carbocycles. The van der Waals surface area contributed by atoms with E-state index in [1.54, 1.807) is 0 Å². The molecule has 5 N–H and O–H groups in total. The Morgan fingerprint density at radius 1 is 1.27 bits per heavy atom. The van der Waals surface area contributed by atoms with E-state index < -0.39 is 0 Å². The molecule has 11 heavy (non-hydrogen) atoms. The summed E-state index contributed by atoms with van der Waals surface area (Å²) in [4.78, 5) is 0. The van der Waals surface area contributed by atoms with E-state index in [2.05, 4.69) is 19.2 Å². The maximum Gasteiger partial charge on any atom is 0.0137 e. The summed E-state index contributed by atoms with van der Waals surface area (Å²) in [7, 11) is 0. The van der Waals surface area contributed by atoms with E-state index in [1.165, 1.54) is 0 Å². The highest BCUT2D eigenvalue weighted by atomic mass is 15.0. The Morgan fingerprint density at radius 2 is 1.82 bits per heavy atom. The molecule has 3 heteroatoms. The monoisotopic (exact) mass is 157 g/mol. The zero-order valence-electron chi connectivity index (χ0n) is 7.43. The van der Waals surface area contributed by atoms with Crippen LogP contribution in [0.1, 0.15) is 20.3 Å². The number of hydrogen-bond donors (Lipinski definition) is 3. The number of hydrogen-bond acceptors (Lipinski definition) is 3. The van der Waals surface area contributed by atoms with Gasteiger partial charge in [0.05, 0.1) is 0 Å². The molecular weight excluding hydrogens is 138 g/mol. The Kier molecular flexibility index (Phi) is 2.52. The zero-order chi connectivity index (χ0) is 8.48. The molecule has 1 heterocycles. The minimum Gasteiger partial charge on any atom is -0.327 e. The van der Waals surface area contributed by atoms with Gasteiger partial charge in [-0.15, -0.1) is 0 Å². The molecule has 1 aliphatic heterocycles. The van der Waals surface area contributed by atoms with Gasteiger partial charge in [-0.3, -0.25) is 0 Å². The van der Waals surface area contributed by atoms with Crippen molar-refractivity contribution in [2.24, 2.45) is 16.9 Å². The maximum atomic E-state index is 5.91. The van der Waals surface area contributed by atoms with Crippen molar-refractivity contribution < 1.29 is 0 Å². The second-order valence-electron chi connectivity index (χ2n) is 3.74. The lowest BCUT2D eigenvalue weighted by Crippen LogP contribution is -2.52. The average molecular weight is 157 g/mol. The first kappa shape index (κ1) is 8.97. The van der Waals surface area contributed by atoms with Crippen LogP contribution in [0.3, 0.4) is 0 Å². The van der Waals surface area contributed by atoms with Gasteiger partial charge in [0, 0.05) is 24.0 Å². The van der Waals surface area contributed by atoms with E-state index in [0.717, 1.165) is 19.5 Å². The molecule has 3 nitrogen and oxygen atoms in total. The highest BCUT2D eigenvalue weighted by molar-refractivity contribution is 4.98. The minimum atomic E-state index is 0.139. The fraction of sp³-hybridized carbons (Fsp3) is 1.00. The van der Waals surface area contributed by atoms with Crippen molar-refractivity contribution in [3.63, 3.8) is 0 Å². The maximum absolute atomic E-state index is 5.91. The van der Waals surface area contributed by atoms with E-state index in [9.17, 15) is 0 Å². The van der Waals surface area contributed by atoms with Crippen LogP contribution in [0.2, 0.25) is 0 Å². The molecule has 0 bridgehead atoms. The van der Waals surface area contributed by atoms with Crippen LogP contribution in [0.5, 0.6) is 0 Å². The second-order valence-corrected chi connectivity index (χ2v) is 3.74. The Labute approximate surface area is 68.5 Å². The molecule has 1 aliphatic rings. The molecule has 0 amide bonds. The van der Waals surface area contributed by atoms with Crippen LogP contribution < -0.4 is 16.8 Å². The molecule has 0 aromatic carbocycles. The molecular formula is C8H19N3. The number of nitrogens with one attached hydrogen (secondary N) is 1. The largest absolute Gasteiger partial charge is 0.327 e. The van der Waals surface area contributed by atoms with Crippen LogP contribution in [0.25, 0.3) is 0 Å². The van der Waals surface area contributed by atoms with Crippen molar-refractivity contribution >= 4 is 0 Å². The van der Waals surface area contributed by atoms with Gasteiger partial charge in [-0.25, -0.2) is 0 Å². The zero-order valence-corrected chi connectivity index (χ0v) is 7.43. The molecule has 0 spiro atoms. The van der Waals surface area contributed by atoms with Crippen LogP contribution in [0.15, 0.2) is 0 Å². The molecule has 66 valence electrons. The summed E-state index contributed by atoms with van der Waals surface area (Å²) < 4.78 is 0. The van der Waals surface area contributed by atoms with Crippen molar-refractivity contribution in [3.05, 3.63) is 0 Å². The van der Waals surface area contributed by atoms with Gasteiger partial charge in [0.1, 0.15) is 0 Å². The molecule has 2 unspecified atom stereocenters. The predicted octanol–water partition coefficient (Wildman–Crippen LogP) is -0.339. The van der Waals surface area contributed by atoms with Gasteiger partial charge in [-0.05, 0) is 26.8 Å². The van der Waals surface area contributed by atoms with Crippen LogP contribution in [0, 0.1) is 5.41 Å². The first-order valence-electron chi connectivity index (χ1n) is 4.31. The van der Waals surface area contributed by atoms with Gasteiger partial charge in [0.25, 0.3) is 0 Å². The smallest absolute Gasteiger partial charge is 0.0137 e. The molecule has 0 aromatic heterocycles. The first-order valence-corrected chi connectivity index (χ1v) is 4.31. The fourth-order valence-corrected chi connectivity index (χ4v) is 1.92. The highest BCUT2D eigenvalue weighted by Gasteiger charge is 2.40. The average Bonchev–Trinajstić information content (AvgIpc) is 2.34. The third-order valence-electron chi connectivity index (χ3n) is 3.04. The molecule has 0 aromatic rings. The highest BCUT2D eigenvalue weighted by Crippen LogP contribution is 2.31. The van der Waals surface area contributed by atoms with Crippen molar-refractivity contribution in [1.82, 2.24) is 5.32 Å². The minimum absolute atomic E-state index is 0.139. The molecule has 1 rings (SSSR count). The first-order chi connectivity index (χ1) is 5.09. The van der Waals surface area contributed by atoms with Gasteiger partial charge in [-0.2, -0.15) is 0 Å². The third kappa shape index (κ3) is 1.41. The van der Waals surface area contributed by atoms with Crippen molar-refractivity contribution in [2.45, 2.75) is 32.4 Å². The Balaban J connectivity index is 2.70. The Morgan fingerprint density at radius 3 is 2.00 bits per heavy atom. The van der Waals surface area contributed by atoms with Crippen molar-refractivity contribution in [1.29, 1.82) is 0 Å². The third-order valence-corrected chi connectivity index (χ3v) is 3.04. The summed E-state index contributed by atoms with van der Waals surface area (Å²) in [6.07, 6.45) is 1.11. The van der Waals surface area contributed by atoms with E-state index in [1.807, 2.05) is 0 Å². The summed E-state index contributed by atoms with van der Waals surface area (Å²) in [6.45, 7) is 6.14. The summed E-state index contributed by atoms with van der Waals surface area (Å²) in [5.74, 6) is 0. The van der Waals surface area contributed by atoms with Gasteiger partial charge in [0.15, 0.2) is 0 Å². The topological polar surface area (TPSA) is 64.1 Å². The number of nitrogens with two attached hydrogens (primary N) is 2. The van der Waals surface area contributed by atoms with Gasteiger partial charge in [-0.1, -0.05) is 0 Å². The van der Waals surface area contributed by atoms with Gasteiger partial charge < -0.3 is 16.8 Å². The van der Waals surface area contributed by atoms with E-state index in [-0.39, 0.29) is 17.5 Å². The predicted molar refractivity (Wildman–Crippen MR) is 47.2 cm³/mol. The van der Waals surface area contributed by atoms with Crippen molar-refractivity contribution in [2.75, 3.05) is 13.1 Å². The molecule has 0 aliphatic carbocycles. The van der Waals surface area contributed by atoms with Crippen molar-refractivity contribution in [3.8, 4) is 0 Å². The van der Waals surface area contributed by atoms with E-state index in [4.69, 9.17) is 11.5 Å².